The lowest BCUT2D eigenvalue weighted by molar-refractivity contribution is -0.144. The second-order valence-electron chi connectivity index (χ2n) is 1.89. The molecule has 5 heteroatoms. The maximum absolute atomic E-state index is 11.7. The Kier molecular flexibility index (Phi) is 1.42. The SMILES string of the molecule is Cc1c[nH]c(C(F)(F)F)n1. The second kappa shape index (κ2) is 2.00. The molecule has 0 bridgehead atoms. The number of hydrogen-bond donors (Lipinski definition) is 1. The predicted molar refractivity (Wildman–Crippen MR) is 28.3 cm³/mol. The quantitative estimate of drug-likeness (QED) is 0.599. The molecule has 0 atom stereocenters. The minimum absolute atomic E-state index is 0.340. The van der Waals surface area contributed by atoms with Crippen LogP contribution >= 0.6 is 0 Å². The third kappa shape index (κ3) is 1.29. The molecule has 0 aliphatic rings. The summed E-state index contributed by atoms with van der Waals surface area (Å²) in [6.45, 7) is 1.49. The van der Waals surface area contributed by atoms with Crippen molar-refractivity contribution in [1.29, 1.82) is 0 Å². The van der Waals surface area contributed by atoms with Crippen LogP contribution in [0.1, 0.15) is 11.5 Å². The standard InChI is InChI=1S/C5H5F3N2/c1-3-2-9-4(10-3)5(6,7)8/h2H,1H3,(H,9,10). The number of halogens is 3. The lowest BCUT2D eigenvalue weighted by atomic mass is 10.6. The van der Waals surface area contributed by atoms with Gasteiger partial charge in [0.15, 0.2) is 0 Å². The summed E-state index contributed by atoms with van der Waals surface area (Å²) >= 11 is 0. The molecule has 0 unspecified atom stereocenters. The summed E-state index contributed by atoms with van der Waals surface area (Å²) in [5, 5.41) is 0. The van der Waals surface area contributed by atoms with E-state index < -0.39 is 12.0 Å². The maximum atomic E-state index is 11.7. The van der Waals surface area contributed by atoms with E-state index in [-0.39, 0.29) is 0 Å². The van der Waals surface area contributed by atoms with Gasteiger partial charge in [-0.25, -0.2) is 4.98 Å². The van der Waals surface area contributed by atoms with Crippen LogP contribution in [0.4, 0.5) is 13.2 Å². The maximum Gasteiger partial charge on any atom is 0.449 e. The van der Waals surface area contributed by atoms with E-state index in [1.54, 1.807) is 0 Å². The summed E-state index contributed by atoms with van der Waals surface area (Å²) in [5.41, 5.74) is 0.340. The van der Waals surface area contributed by atoms with Gasteiger partial charge in [-0.2, -0.15) is 13.2 Å². The molecule has 1 N–H and O–H groups in total. The molecule has 0 fully saturated rings. The zero-order chi connectivity index (χ0) is 7.78. The van der Waals surface area contributed by atoms with Crippen LogP contribution in [0.25, 0.3) is 0 Å². The predicted octanol–water partition coefficient (Wildman–Crippen LogP) is 1.74. The van der Waals surface area contributed by atoms with Crippen LogP contribution in [0.3, 0.4) is 0 Å². The van der Waals surface area contributed by atoms with Crippen LogP contribution in [-0.2, 0) is 6.18 Å². The summed E-state index contributed by atoms with van der Waals surface area (Å²) in [5.74, 6) is -0.940. The van der Waals surface area contributed by atoms with Crippen LogP contribution in [0.5, 0.6) is 0 Å². The fraction of sp³-hybridized carbons (Fsp3) is 0.400. The van der Waals surface area contributed by atoms with Gasteiger partial charge in [0.05, 0.1) is 5.69 Å². The summed E-state index contributed by atoms with van der Waals surface area (Å²) in [6.07, 6.45) is -3.14. The van der Waals surface area contributed by atoms with Gasteiger partial charge in [0.1, 0.15) is 0 Å². The smallest absolute Gasteiger partial charge is 0.341 e. The van der Waals surface area contributed by atoms with Gasteiger partial charge in [0.25, 0.3) is 0 Å². The molecule has 0 spiro atoms. The minimum atomic E-state index is -4.35. The summed E-state index contributed by atoms with van der Waals surface area (Å²) in [6, 6.07) is 0. The summed E-state index contributed by atoms with van der Waals surface area (Å²) in [7, 11) is 0. The lowest BCUT2D eigenvalue weighted by Gasteiger charge is -1.98. The molecule has 56 valence electrons. The van der Waals surface area contributed by atoms with Crippen LogP contribution in [0, 0.1) is 6.92 Å². The highest BCUT2D eigenvalue weighted by molar-refractivity contribution is 5.00. The highest BCUT2D eigenvalue weighted by Crippen LogP contribution is 2.25. The topological polar surface area (TPSA) is 28.7 Å². The van der Waals surface area contributed by atoms with Crippen molar-refractivity contribution < 1.29 is 13.2 Å². The number of H-pyrrole nitrogens is 1. The first-order valence-corrected chi connectivity index (χ1v) is 2.59. The van der Waals surface area contributed by atoms with Gasteiger partial charge in [-0.1, -0.05) is 0 Å². The summed E-state index contributed by atoms with van der Waals surface area (Å²) < 4.78 is 35.1. The van der Waals surface area contributed by atoms with Crippen molar-refractivity contribution in [3.05, 3.63) is 17.7 Å². The lowest BCUT2D eigenvalue weighted by Crippen LogP contribution is -2.06. The zero-order valence-electron chi connectivity index (χ0n) is 5.16. The van der Waals surface area contributed by atoms with Crippen molar-refractivity contribution >= 4 is 0 Å². The largest absolute Gasteiger partial charge is 0.449 e. The zero-order valence-corrected chi connectivity index (χ0v) is 5.16. The molecule has 2 nitrogen and oxygen atoms in total. The second-order valence-corrected chi connectivity index (χ2v) is 1.89. The Hall–Kier alpha value is -1.00. The van der Waals surface area contributed by atoms with Crippen molar-refractivity contribution in [2.75, 3.05) is 0 Å². The third-order valence-electron chi connectivity index (χ3n) is 0.974. The molecule has 0 aliphatic heterocycles. The van der Waals surface area contributed by atoms with Crippen molar-refractivity contribution in [2.45, 2.75) is 13.1 Å². The van der Waals surface area contributed by atoms with Crippen LogP contribution < -0.4 is 0 Å². The number of nitrogens with zero attached hydrogens (tertiary/aromatic N) is 1. The van der Waals surface area contributed by atoms with E-state index in [0.717, 1.165) is 0 Å². The Morgan fingerprint density at radius 1 is 1.50 bits per heavy atom. The molecule has 0 aliphatic carbocycles. The fourth-order valence-corrected chi connectivity index (χ4v) is 0.559. The fourth-order valence-electron chi connectivity index (χ4n) is 0.559. The molecule has 1 heterocycles. The first-order valence-electron chi connectivity index (χ1n) is 2.59. The number of hydrogen-bond acceptors (Lipinski definition) is 1. The average Bonchev–Trinajstić information content (AvgIpc) is 2.11. The molecule has 0 amide bonds. The van der Waals surface area contributed by atoms with Crippen molar-refractivity contribution in [1.82, 2.24) is 9.97 Å². The first-order chi connectivity index (χ1) is 4.50. The van der Waals surface area contributed by atoms with Gasteiger partial charge in [-0.15, -0.1) is 0 Å². The summed E-state index contributed by atoms with van der Waals surface area (Å²) in [4.78, 5) is 5.21. The highest BCUT2D eigenvalue weighted by atomic mass is 19.4. The molecule has 1 aromatic heterocycles. The number of alkyl halides is 3. The van der Waals surface area contributed by atoms with E-state index in [2.05, 4.69) is 4.98 Å². The Balaban J connectivity index is 2.96. The number of aryl methyl sites for hydroxylation is 1. The van der Waals surface area contributed by atoms with E-state index in [1.165, 1.54) is 13.1 Å². The van der Waals surface area contributed by atoms with Gasteiger partial charge in [0, 0.05) is 6.20 Å². The molecule has 10 heavy (non-hydrogen) atoms. The van der Waals surface area contributed by atoms with Crippen LogP contribution in [0.2, 0.25) is 0 Å². The van der Waals surface area contributed by atoms with Gasteiger partial charge < -0.3 is 4.98 Å². The molecule has 1 rings (SSSR count). The highest BCUT2D eigenvalue weighted by Gasteiger charge is 2.33. The van der Waals surface area contributed by atoms with Gasteiger partial charge in [-0.3, -0.25) is 0 Å². The van der Waals surface area contributed by atoms with Gasteiger partial charge in [-0.05, 0) is 6.92 Å². The third-order valence-corrected chi connectivity index (χ3v) is 0.974. The van der Waals surface area contributed by atoms with Gasteiger partial charge >= 0.3 is 6.18 Å². The minimum Gasteiger partial charge on any atom is -0.341 e. The van der Waals surface area contributed by atoms with Crippen LogP contribution in [-0.4, -0.2) is 9.97 Å². The van der Waals surface area contributed by atoms with E-state index in [4.69, 9.17) is 0 Å². The monoisotopic (exact) mass is 150 g/mol. The Morgan fingerprint density at radius 2 is 2.10 bits per heavy atom. The molecule has 0 aromatic carbocycles. The van der Waals surface area contributed by atoms with E-state index in [9.17, 15) is 13.2 Å². The number of aromatic nitrogens is 2. The first kappa shape index (κ1) is 7.11. The Labute approximate surface area is 55.1 Å². The van der Waals surface area contributed by atoms with E-state index in [0.29, 0.717) is 5.69 Å². The van der Waals surface area contributed by atoms with Gasteiger partial charge in [0.2, 0.25) is 5.82 Å². The van der Waals surface area contributed by atoms with Crippen molar-refractivity contribution in [3.63, 3.8) is 0 Å². The Morgan fingerprint density at radius 3 is 2.30 bits per heavy atom. The molecule has 0 saturated heterocycles. The number of aromatic amines is 1. The van der Waals surface area contributed by atoms with Crippen molar-refractivity contribution in [2.24, 2.45) is 0 Å². The molecular formula is C5H5F3N2. The van der Waals surface area contributed by atoms with E-state index in [1.807, 2.05) is 4.98 Å². The van der Waals surface area contributed by atoms with Crippen molar-refractivity contribution in [3.8, 4) is 0 Å². The average molecular weight is 150 g/mol. The number of nitrogens with one attached hydrogen (secondary N) is 1. The molecule has 1 aromatic rings. The van der Waals surface area contributed by atoms with E-state index >= 15 is 0 Å². The normalized spacial score (nSPS) is 12.0. The Bertz CT molecular complexity index is 225. The number of imidazole rings is 1. The molecule has 0 saturated carbocycles. The number of rotatable bonds is 0. The van der Waals surface area contributed by atoms with Crippen LogP contribution in [0.15, 0.2) is 6.20 Å². The molecular weight excluding hydrogens is 145 g/mol. The molecule has 0 radical (unpaired) electrons.